The van der Waals surface area contributed by atoms with Crippen molar-refractivity contribution >= 4 is 21.8 Å². The highest BCUT2D eigenvalue weighted by Crippen LogP contribution is 2.23. The van der Waals surface area contributed by atoms with E-state index in [2.05, 4.69) is 42.0 Å². The van der Waals surface area contributed by atoms with Crippen molar-refractivity contribution in [3.63, 3.8) is 0 Å². The number of unbranched alkanes of at least 4 members (excludes halogenated alkanes) is 2. The van der Waals surface area contributed by atoms with Crippen molar-refractivity contribution in [3.8, 4) is 0 Å². The van der Waals surface area contributed by atoms with Crippen LogP contribution in [0.2, 0.25) is 0 Å². The number of halogens is 2. The van der Waals surface area contributed by atoms with Crippen LogP contribution < -0.4 is 5.32 Å². The molecule has 0 aliphatic heterocycles. The van der Waals surface area contributed by atoms with Crippen LogP contribution in [0.25, 0.3) is 0 Å². The molecule has 1 rings (SSSR count). The zero-order valence-electron chi connectivity index (χ0n) is 12.4. The van der Waals surface area contributed by atoms with Gasteiger partial charge in [0.05, 0.1) is 5.56 Å². The molecule has 1 N–H and O–H groups in total. The van der Waals surface area contributed by atoms with Gasteiger partial charge in [-0.05, 0) is 46.0 Å². The lowest BCUT2D eigenvalue weighted by Gasteiger charge is -2.25. The molecule has 20 heavy (non-hydrogen) atoms. The Morgan fingerprint density at radius 1 is 1.35 bits per heavy atom. The highest BCUT2D eigenvalue weighted by molar-refractivity contribution is 9.10. The van der Waals surface area contributed by atoms with Crippen LogP contribution in [-0.2, 0) is 0 Å². The van der Waals surface area contributed by atoms with Gasteiger partial charge in [-0.1, -0.05) is 40.0 Å². The topological polar surface area (TPSA) is 29.1 Å². The Morgan fingerprint density at radius 3 is 2.65 bits per heavy atom. The smallest absolute Gasteiger partial charge is 0.252 e. The number of benzene rings is 1. The molecule has 0 atom stereocenters. The molecule has 4 heteroatoms. The quantitative estimate of drug-likeness (QED) is 0.699. The zero-order valence-corrected chi connectivity index (χ0v) is 14.0. The molecular formula is C16H23BrFNO. The number of amides is 1. The number of rotatable bonds is 7. The van der Waals surface area contributed by atoms with E-state index in [-0.39, 0.29) is 17.1 Å². The molecule has 0 radical (unpaired) electrons. The first-order valence-corrected chi connectivity index (χ1v) is 7.88. The Labute approximate surface area is 129 Å². The van der Waals surface area contributed by atoms with Gasteiger partial charge in [0.1, 0.15) is 5.82 Å². The van der Waals surface area contributed by atoms with Gasteiger partial charge in [-0.2, -0.15) is 0 Å². The van der Waals surface area contributed by atoms with Crippen molar-refractivity contribution in [3.05, 3.63) is 34.1 Å². The minimum atomic E-state index is -0.353. The van der Waals surface area contributed by atoms with Gasteiger partial charge in [-0.3, -0.25) is 4.79 Å². The molecule has 0 aliphatic rings. The summed E-state index contributed by atoms with van der Waals surface area (Å²) in [6.45, 7) is 7.12. The molecular weight excluding hydrogens is 321 g/mol. The number of carbonyl (C=O) groups is 1. The fourth-order valence-electron chi connectivity index (χ4n) is 2.03. The maximum absolute atomic E-state index is 13.0. The van der Waals surface area contributed by atoms with Crippen molar-refractivity contribution in [1.82, 2.24) is 5.32 Å². The third-order valence-electron chi connectivity index (χ3n) is 3.36. The van der Waals surface area contributed by atoms with E-state index in [0.29, 0.717) is 16.6 Å². The van der Waals surface area contributed by atoms with E-state index < -0.39 is 0 Å². The van der Waals surface area contributed by atoms with Crippen LogP contribution in [0, 0.1) is 11.2 Å². The van der Waals surface area contributed by atoms with Crippen molar-refractivity contribution in [2.75, 3.05) is 6.54 Å². The minimum Gasteiger partial charge on any atom is -0.351 e. The summed E-state index contributed by atoms with van der Waals surface area (Å²) in [5.74, 6) is -0.520. The first kappa shape index (κ1) is 17.2. The molecule has 0 saturated carbocycles. The summed E-state index contributed by atoms with van der Waals surface area (Å²) < 4.78 is 13.5. The van der Waals surface area contributed by atoms with Crippen LogP contribution in [0.4, 0.5) is 4.39 Å². The van der Waals surface area contributed by atoms with Crippen LogP contribution in [-0.4, -0.2) is 12.5 Å². The van der Waals surface area contributed by atoms with E-state index in [1.807, 2.05) is 0 Å². The standard InChI is InChI=1S/C16H23BrFNO/c1-4-5-6-9-16(2,3)11-19-15(20)13-8-7-12(18)10-14(13)17/h7-8,10H,4-6,9,11H2,1-3H3,(H,19,20). The van der Waals surface area contributed by atoms with Crippen LogP contribution in [0.1, 0.15) is 56.8 Å². The number of nitrogens with one attached hydrogen (secondary N) is 1. The normalized spacial score (nSPS) is 11.4. The third-order valence-corrected chi connectivity index (χ3v) is 4.02. The molecule has 1 aromatic carbocycles. The molecule has 1 aromatic rings. The van der Waals surface area contributed by atoms with E-state index in [4.69, 9.17) is 0 Å². The Morgan fingerprint density at radius 2 is 2.05 bits per heavy atom. The summed E-state index contributed by atoms with van der Waals surface area (Å²) in [6, 6.07) is 4.10. The second-order valence-corrected chi connectivity index (χ2v) is 6.78. The Balaban J connectivity index is 2.54. The SMILES string of the molecule is CCCCCC(C)(C)CNC(=O)c1ccc(F)cc1Br. The van der Waals surface area contributed by atoms with E-state index >= 15 is 0 Å². The summed E-state index contributed by atoms with van der Waals surface area (Å²) >= 11 is 3.22. The molecule has 0 heterocycles. The molecule has 0 saturated heterocycles. The fraction of sp³-hybridized carbons (Fsp3) is 0.562. The second-order valence-electron chi connectivity index (χ2n) is 5.93. The third kappa shape index (κ3) is 5.61. The predicted molar refractivity (Wildman–Crippen MR) is 84.4 cm³/mol. The van der Waals surface area contributed by atoms with Gasteiger partial charge in [0.25, 0.3) is 5.91 Å². The maximum Gasteiger partial charge on any atom is 0.252 e. The van der Waals surface area contributed by atoms with Crippen molar-refractivity contribution < 1.29 is 9.18 Å². The van der Waals surface area contributed by atoms with Crippen LogP contribution in [0.15, 0.2) is 22.7 Å². The molecule has 0 aliphatic carbocycles. The molecule has 0 fully saturated rings. The average Bonchev–Trinajstić information content (AvgIpc) is 2.36. The van der Waals surface area contributed by atoms with Gasteiger partial charge in [0.15, 0.2) is 0 Å². The van der Waals surface area contributed by atoms with Crippen molar-refractivity contribution in [1.29, 1.82) is 0 Å². The lowest BCUT2D eigenvalue weighted by Crippen LogP contribution is -2.34. The van der Waals surface area contributed by atoms with Crippen LogP contribution in [0.3, 0.4) is 0 Å². The van der Waals surface area contributed by atoms with Gasteiger partial charge in [-0.15, -0.1) is 0 Å². The largest absolute Gasteiger partial charge is 0.351 e. The van der Waals surface area contributed by atoms with E-state index in [9.17, 15) is 9.18 Å². The summed E-state index contributed by atoms with van der Waals surface area (Å²) in [6.07, 6.45) is 4.69. The molecule has 1 amide bonds. The highest BCUT2D eigenvalue weighted by Gasteiger charge is 2.19. The van der Waals surface area contributed by atoms with Gasteiger partial charge in [-0.25, -0.2) is 4.39 Å². The Hall–Kier alpha value is -0.900. The first-order valence-electron chi connectivity index (χ1n) is 7.09. The van der Waals surface area contributed by atoms with Gasteiger partial charge in [0.2, 0.25) is 0 Å². The molecule has 0 spiro atoms. The lowest BCUT2D eigenvalue weighted by molar-refractivity contribution is 0.0933. The first-order chi connectivity index (χ1) is 9.35. The fourth-order valence-corrected chi connectivity index (χ4v) is 2.56. The Kier molecular flexibility index (Phi) is 6.66. The van der Waals surface area contributed by atoms with Gasteiger partial charge >= 0.3 is 0 Å². The molecule has 0 aromatic heterocycles. The van der Waals surface area contributed by atoms with E-state index in [1.165, 1.54) is 37.5 Å². The van der Waals surface area contributed by atoms with E-state index in [0.717, 1.165) is 6.42 Å². The molecule has 112 valence electrons. The Bertz CT molecular complexity index is 460. The highest BCUT2D eigenvalue weighted by atomic mass is 79.9. The monoisotopic (exact) mass is 343 g/mol. The zero-order chi connectivity index (χ0) is 15.2. The number of hydrogen-bond acceptors (Lipinski definition) is 1. The lowest BCUT2D eigenvalue weighted by atomic mass is 9.87. The summed E-state index contributed by atoms with van der Waals surface area (Å²) in [5, 5.41) is 2.94. The van der Waals surface area contributed by atoms with Crippen LogP contribution >= 0.6 is 15.9 Å². The van der Waals surface area contributed by atoms with Gasteiger partial charge < -0.3 is 5.32 Å². The predicted octanol–water partition coefficient (Wildman–Crippen LogP) is 4.92. The van der Waals surface area contributed by atoms with Gasteiger partial charge in [0, 0.05) is 11.0 Å². The van der Waals surface area contributed by atoms with Crippen molar-refractivity contribution in [2.24, 2.45) is 5.41 Å². The molecule has 0 bridgehead atoms. The average molecular weight is 344 g/mol. The molecule has 0 unspecified atom stereocenters. The summed E-state index contributed by atoms with van der Waals surface area (Å²) in [4.78, 5) is 12.1. The summed E-state index contributed by atoms with van der Waals surface area (Å²) in [5.41, 5.74) is 0.549. The van der Waals surface area contributed by atoms with Crippen molar-refractivity contribution in [2.45, 2.75) is 46.5 Å². The molecule has 2 nitrogen and oxygen atoms in total. The van der Waals surface area contributed by atoms with Crippen LogP contribution in [0.5, 0.6) is 0 Å². The second kappa shape index (κ2) is 7.77. The number of carbonyl (C=O) groups excluding carboxylic acids is 1. The minimum absolute atomic E-state index is 0.0807. The summed E-state index contributed by atoms with van der Waals surface area (Å²) in [7, 11) is 0. The number of hydrogen-bond donors (Lipinski definition) is 1. The maximum atomic E-state index is 13.0. The van der Waals surface area contributed by atoms with E-state index in [1.54, 1.807) is 0 Å².